The van der Waals surface area contributed by atoms with E-state index in [9.17, 15) is 14.9 Å². The summed E-state index contributed by atoms with van der Waals surface area (Å²) in [5.74, 6) is 0.371. The Balaban J connectivity index is 1.57. The highest BCUT2D eigenvalue weighted by Crippen LogP contribution is 2.31. The smallest absolute Gasteiger partial charge is 0.274 e. The van der Waals surface area contributed by atoms with E-state index in [2.05, 4.69) is 15.1 Å². The maximum absolute atomic E-state index is 11.5. The molecule has 0 radical (unpaired) electrons. The normalized spacial score (nSPS) is 19.0. The van der Waals surface area contributed by atoms with Gasteiger partial charge in [0, 0.05) is 42.6 Å². The number of hydrogen-bond donors (Lipinski definition) is 1. The molecule has 0 spiro atoms. The summed E-state index contributed by atoms with van der Waals surface area (Å²) in [4.78, 5) is 24.5. The summed E-state index contributed by atoms with van der Waals surface area (Å²) in [6.45, 7) is 4.11. The Bertz CT molecular complexity index is 955. The molecular formula is C19H24N6O5S. The summed E-state index contributed by atoms with van der Waals surface area (Å²) in [5, 5.41) is 20.9. The number of aromatic nitrogens is 3. The van der Waals surface area contributed by atoms with Crippen molar-refractivity contribution in [3.05, 3.63) is 39.4 Å². The molecule has 1 atom stereocenters. The number of ether oxygens (including phenoxy) is 2. The molecular weight excluding hydrogens is 424 g/mol. The number of nitrogens with zero attached hydrogens (tertiary/aromatic N) is 5. The molecule has 4 rings (SSSR count). The molecule has 2 aliphatic rings. The second kappa shape index (κ2) is 9.62. The summed E-state index contributed by atoms with van der Waals surface area (Å²) in [6, 6.07) is 4.28. The van der Waals surface area contributed by atoms with Gasteiger partial charge in [-0.1, -0.05) is 17.8 Å². The first-order valence-electron chi connectivity index (χ1n) is 10.1. The number of nitro benzene ring substituents is 1. The van der Waals surface area contributed by atoms with Gasteiger partial charge in [0.25, 0.3) is 5.69 Å². The van der Waals surface area contributed by atoms with Crippen LogP contribution in [0, 0.1) is 10.1 Å². The molecule has 1 aromatic carbocycles. The molecule has 31 heavy (non-hydrogen) atoms. The number of nitrogens with two attached hydrogens (primary N) is 1. The lowest BCUT2D eigenvalue weighted by Crippen LogP contribution is -2.38. The van der Waals surface area contributed by atoms with Crippen molar-refractivity contribution in [3.8, 4) is 0 Å². The lowest BCUT2D eigenvalue weighted by Gasteiger charge is -2.28. The highest BCUT2D eigenvalue weighted by atomic mass is 32.2. The van der Waals surface area contributed by atoms with Gasteiger partial charge in [0.2, 0.25) is 11.9 Å². The summed E-state index contributed by atoms with van der Waals surface area (Å²) in [6.07, 6.45) is 2.10. The van der Waals surface area contributed by atoms with Crippen LogP contribution in [0.2, 0.25) is 0 Å². The Morgan fingerprint density at radius 2 is 2.10 bits per heavy atom. The fraction of sp³-hybridized carbons (Fsp3) is 0.526. The van der Waals surface area contributed by atoms with E-state index < -0.39 is 10.8 Å². The van der Waals surface area contributed by atoms with Gasteiger partial charge >= 0.3 is 0 Å². The zero-order chi connectivity index (χ0) is 21.8. The van der Waals surface area contributed by atoms with E-state index in [1.54, 1.807) is 6.07 Å². The van der Waals surface area contributed by atoms with E-state index in [1.165, 1.54) is 23.9 Å². The third-order valence-corrected chi connectivity index (χ3v) is 6.34. The quantitative estimate of drug-likeness (QED) is 0.362. The van der Waals surface area contributed by atoms with Crippen LogP contribution in [-0.4, -0.2) is 64.6 Å². The average molecular weight is 449 g/mol. The highest BCUT2D eigenvalue weighted by Gasteiger charge is 2.25. The number of amides is 1. The van der Waals surface area contributed by atoms with Crippen LogP contribution in [0.15, 0.2) is 23.4 Å². The van der Waals surface area contributed by atoms with E-state index in [1.807, 2.05) is 4.57 Å². The minimum atomic E-state index is -0.700. The largest absolute Gasteiger partial charge is 0.378 e. The van der Waals surface area contributed by atoms with Crippen LogP contribution >= 0.6 is 11.8 Å². The van der Waals surface area contributed by atoms with Gasteiger partial charge in [-0.05, 0) is 18.9 Å². The molecule has 2 N–H and O–H groups in total. The van der Waals surface area contributed by atoms with Crippen molar-refractivity contribution in [1.82, 2.24) is 14.8 Å². The van der Waals surface area contributed by atoms with Crippen molar-refractivity contribution < 1.29 is 19.2 Å². The fourth-order valence-electron chi connectivity index (χ4n) is 3.69. The third-order valence-electron chi connectivity index (χ3n) is 5.32. The third kappa shape index (κ3) is 4.97. The zero-order valence-electron chi connectivity index (χ0n) is 16.9. The first kappa shape index (κ1) is 21.5. The van der Waals surface area contributed by atoms with Gasteiger partial charge < -0.3 is 20.1 Å². The minimum Gasteiger partial charge on any atom is -0.378 e. The van der Waals surface area contributed by atoms with Crippen molar-refractivity contribution >= 4 is 29.3 Å². The monoisotopic (exact) mass is 448 g/mol. The van der Waals surface area contributed by atoms with Crippen molar-refractivity contribution in [2.75, 3.05) is 37.8 Å². The van der Waals surface area contributed by atoms with Gasteiger partial charge in [-0.2, -0.15) is 0 Å². The van der Waals surface area contributed by atoms with Gasteiger partial charge in [0.05, 0.1) is 30.8 Å². The van der Waals surface area contributed by atoms with Crippen molar-refractivity contribution in [3.63, 3.8) is 0 Å². The maximum atomic E-state index is 11.5. The molecule has 2 aromatic rings. The van der Waals surface area contributed by atoms with Crippen LogP contribution in [0.1, 0.15) is 28.8 Å². The van der Waals surface area contributed by atoms with E-state index in [-0.39, 0.29) is 17.4 Å². The summed E-state index contributed by atoms with van der Waals surface area (Å²) >= 11 is 1.37. The number of nitro groups is 1. The molecule has 12 heteroatoms. The standard InChI is InChI=1S/C19H24N6O5S/c20-17(26)13-3-4-14(16(10-13)25(27)28)12-31-19-22-21-18(23-5-8-29-9-6-23)24(19)11-15-2-1-7-30-15/h3-4,10,15H,1-2,5-9,11-12H2,(H2,20,26). The van der Waals surface area contributed by atoms with Crippen LogP contribution in [0.3, 0.4) is 0 Å². The van der Waals surface area contributed by atoms with Gasteiger partial charge in [0.1, 0.15) is 0 Å². The predicted octanol–water partition coefficient (Wildman–Crippen LogP) is 1.59. The zero-order valence-corrected chi connectivity index (χ0v) is 17.8. The molecule has 1 aromatic heterocycles. The topological polar surface area (TPSA) is 139 Å². The minimum absolute atomic E-state index is 0.0966. The van der Waals surface area contributed by atoms with Crippen LogP contribution < -0.4 is 10.6 Å². The van der Waals surface area contributed by atoms with Gasteiger partial charge in [-0.15, -0.1) is 10.2 Å². The molecule has 166 valence electrons. The molecule has 0 bridgehead atoms. The molecule has 1 unspecified atom stereocenters. The second-order valence-corrected chi connectivity index (χ2v) is 8.32. The number of anilines is 1. The molecule has 2 saturated heterocycles. The molecule has 0 aliphatic carbocycles. The fourth-order valence-corrected chi connectivity index (χ4v) is 4.63. The maximum Gasteiger partial charge on any atom is 0.274 e. The van der Waals surface area contributed by atoms with Crippen molar-refractivity contribution in [2.45, 2.75) is 36.4 Å². The van der Waals surface area contributed by atoms with Gasteiger partial charge in [0.15, 0.2) is 5.16 Å². The Kier molecular flexibility index (Phi) is 6.68. The summed E-state index contributed by atoms with van der Waals surface area (Å²) in [5.41, 5.74) is 5.71. The van der Waals surface area contributed by atoms with Crippen LogP contribution in [0.25, 0.3) is 0 Å². The molecule has 2 fully saturated rings. The Morgan fingerprint density at radius 1 is 1.29 bits per heavy atom. The average Bonchev–Trinajstić information content (AvgIpc) is 3.43. The first-order chi connectivity index (χ1) is 15.0. The predicted molar refractivity (Wildman–Crippen MR) is 113 cm³/mol. The number of thioether (sulfide) groups is 1. The van der Waals surface area contributed by atoms with E-state index in [4.69, 9.17) is 15.2 Å². The number of rotatable bonds is 8. The number of benzene rings is 1. The number of carbonyl (C=O) groups excluding carboxylic acids is 1. The Labute approximate surface area is 183 Å². The first-order valence-corrected chi connectivity index (χ1v) is 11.1. The van der Waals surface area contributed by atoms with E-state index in [0.717, 1.165) is 38.5 Å². The van der Waals surface area contributed by atoms with Crippen LogP contribution in [-0.2, 0) is 21.8 Å². The van der Waals surface area contributed by atoms with Crippen molar-refractivity contribution in [2.24, 2.45) is 5.73 Å². The van der Waals surface area contributed by atoms with E-state index >= 15 is 0 Å². The molecule has 0 saturated carbocycles. The van der Waals surface area contributed by atoms with Crippen LogP contribution in [0.4, 0.5) is 11.6 Å². The van der Waals surface area contributed by atoms with Gasteiger partial charge in [-0.3, -0.25) is 19.5 Å². The SMILES string of the molecule is NC(=O)c1ccc(CSc2nnc(N3CCOCC3)n2CC2CCCO2)c([N+](=O)[O-])c1. The molecule has 2 aliphatic heterocycles. The number of morpholine rings is 1. The number of hydrogen-bond acceptors (Lipinski definition) is 9. The second-order valence-electron chi connectivity index (χ2n) is 7.38. The summed E-state index contributed by atoms with van der Waals surface area (Å²) in [7, 11) is 0. The van der Waals surface area contributed by atoms with Crippen LogP contribution in [0.5, 0.6) is 0 Å². The molecule has 3 heterocycles. The number of carbonyl (C=O) groups is 1. The number of primary amides is 1. The Hall–Kier alpha value is -2.70. The molecule has 11 nitrogen and oxygen atoms in total. The highest BCUT2D eigenvalue weighted by molar-refractivity contribution is 7.98. The lowest BCUT2D eigenvalue weighted by atomic mass is 10.1. The van der Waals surface area contributed by atoms with Gasteiger partial charge in [-0.25, -0.2) is 0 Å². The van der Waals surface area contributed by atoms with E-state index in [0.29, 0.717) is 36.2 Å². The Morgan fingerprint density at radius 3 is 2.77 bits per heavy atom. The lowest BCUT2D eigenvalue weighted by molar-refractivity contribution is -0.385. The molecule has 1 amide bonds. The van der Waals surface area contributed by atoms with Crippen molar-refractivity contribution in [1.29, 1.82) is 0 Å². The summed E-state index contributed by atoms with van der Waals surface area (Å²) < 4.78 is 13.3.